The molecule has 0 aromatic heterocycles. The van der Waals surface area contributed by atoms with Gasteiger partial charge in [-0.05, 0) is 11.8 Å². The fraction of sp³-hybridized carbons (Fsp3) is 1.00. The number of rotatable bonds is 1. The molecule has 30 valence electrons. The molecular weight excluding hydrogens is 105 g/mol. The van der Waals surface area contributed by atoms with Crippen molar-refractivity contribution in [3.63, 3.8) is 0 Å². The average Bonchev–Trinajstić information content (AvgIpc) is 1.38. The molecule has 0 aliphatic heterocycles. The Kier molecular flexibility index (Phi) is 2.65. The molecule has 0 saturated carbocycles. The minimum Gasteiger partial charge on any atom is -0.312 e. The van der Waals surface area contributed by atoms with E-state index in [1.165, 1.54) is 7.11 Å². The third kappa shape index (κ3) is 4.28. The van der Waals surface area contributed by atoms with Gasteiger partial charge in [-0.1, -0.05) is 0 Å². The third-order valence-electron chi connectivity index (χ3n) is 0.166. The monoisotopic (exact) mass is 109 g/mol. The van der Waals surface area contributed by atoms with E-state index in [-0.39, 0.29) is 0 Å². The van der Waals surface area contributed by atoms with Crippen LogP contribution in [0.25, 0.3) is 0 Å². The van der Waals surface area contributed by atoms with E-state index >= 15 is 0 Å². The highest BCUT2D eigenvalue weighted by molar-refractivity contribution is 7.97. The summed E-state index contributed by atoms with van der Waals surface area (Å²) in [6, 6.07) is 0. The molecule has 0 aromatic carbocycles. The first-order chi connectivity index (χ1) is 2.27. The van der Waals surface area contributed by atoms with Crippen molar-refractivity contribution in [2.24, 2.45) is 0 Å². The minimum atomic E-state index is -1.26. The van der Waals surface area contributed by atoms with Gasteiger partial charge in [-0.3, -0.25) is 5.16 Å². The van der Waals surface area contributed by atoms with Gasteiger partial charge in [0.2, 0.25) is 0 Å². The molecule has 0 aromatic rings. The minimum absolute atomic E-state index is 1.26. The summed E-state index contributed by atoms with van der Waals surface area (Å²) in [6.07, 6.45) is 0. The Morgan fingerprint density at radius 1 is 2.00 bits per heavy atom. The van der Waals surface area contributed by atoms with Crippen LogP contribution in [0.5, 0.6) is 0 Å². The number of hydrogen-bond donors (Lipinski definition) is 1. The predicted octanol–water partition coefficient (Wildman–Crippen LogP) is 1.25. The van der Waals surface area contributed by atoms with E-state index in [0.717, 1.165) is 0 Å². The van der Waals surface area contributed by atoms with Crippen molar-refractivity contribution in [1.29, 1.82) is 5.16 Å². The Balaban J connectivity index is 3.23. The summed E-state index contributed by atoms with van der Waals surface area (Å²) in [6.45, 7) is -1.26. The van der Waals surface area contributed by atoms with E-state index in [1.54, 1.807) is 0 Å². The molecule has 1 unspecified atom stereocenters. The van der Waals surface area contributed by atoms with Crippen molar-refractivity contribution < 1.29 is 4.52 Å². The number of nitrogens with one attached hydrogen (secondary N) is 1. The summed E-state index contributed by atoms with van der Waals surface area (Å²) in [7, 11) is 1.44. The SMILES string of the molecule is COP(=N)=S. The van der Waals surface area contributed by atoms with Crippen molar-refractivity contribution in [3.05, 3.63) is 0 Å². The van der Waals surface area contributed by atoms with Crippen LogP contribution in [0.1, 0.15) is 0 Å². The molecule has 4 heteroatoms. The Labute approximate surface area is 36.2 Å². The first-order valence-electron chi connectivity index (χ1n) is 0.997. The van der Waals surface area contributed by atoms with Crippen LogP contribution in [-0.4, -0.2) is 7.11 Å². The van der Waals surface area contributed by atoms with Crippen LogP contribution in [0.2, 0.25) is 0 Å². The lowest BCUT2D eigenvalue weighted by Gasteiger charge is -1.70. The first-order valence-corrected chi connectivity index (χ1v) is 3.27. The van der Waals surface area contributed by atoms with Gasteiger partial charge in [0.15, 0.2) is 6.72 Å². The molecule has 2 nitrogen and oxygen atoms in total. The fourth-order valence-corrected chi connectivity index (χ4v) is 0. The Hall–Kier alpha value is 0.280. The summed E-state index contributed by atoms with van der Waals surface area (Å²) >= 11 is 4.29. The Morgan fingerprint density at radius 2 is 2.20 bits per heavy atom. The van der Waals surface area contributed by atoms with E-state index < -0.39 is 6.72 Å². The van der Waals surface area contributed by atoms with Crippen LogP contribution in [0.3, 0.4) is 0 Å². The zero-order valence-electron chi connectivity index (χ0n) is 2.76. The number of hydrogen-bond acceptors (Lipinski definition) is 3. The molecule has 0 amide bonds. The van der Waals surface area contributed by atoms with E-state index in [2.05, 4.69) is 16.3 Å². The van der Waals surface area contributed by atoms with E-state index in [9.17, 15) is 0 Å². The predicted molar refractivity (Wildman–Crippen MR) is 24.0 cm³/mol. The highest BCUT2D eigenvalue weighted by atomic mass is 32.4. The largest absolute Gasteiger partial charge is 0.312 e. The summed E-state index contributed by atoms with van der Waals surface area (Å²) in [5, 5.41) is 6.48. The lowest BCUT2D eigenvalue weighted by Crippen LogP contribution is -1.46. The summed E-state index contributed by atoms with van der Waals surface area (Å²) < 4.78 is 4.30. The van der Waals surface area contributed by atoms with Crippen molar-refractivity contribution in [2.45, 2.75) is 0 Å². The Bertz CT molecular complexity index is 69.7. The van der Waals surface area contributed by atoms with Gasteiger partial charge >= 0.3 is 0 Å². The van der Waals surface area contributed by atoms with Gasteiger partial charge in [0.05, 0.1) is 0 Å². The summed E-state index contributed by atoms with van der Waals surface area (Å²) in [5.74, 6) is 0. The molecule has 1 N–H and O–H groups in total. The first kappa shape index (κ1) is 5.28. The zero-order chi connectivity index (χ0) is 4.28. The van der Waals surface area contributed by atoms with Crippen LogP contribution in [0.4, 0.5) is 0 Å². The molecule has 0 saturated heterocycles. The summed E-state index contributed by atoms with van der Waals surface area (Å²) in [4.78, 5) is 0. The standard InChI is InChI=1S/CH4NOPS/c1-3-4(2)5/h2H,1H3. The molecule has 0 spiro atoms. The molecule has 0 radical (unpaired) electrons. The van der Waals surface area contributed by atoms with Gasteiger partial charge in [-0.25, -0.2) is 0 Å². The van der Waals surface area contributed by atoms with Gasteiger partial charge in [0.25, 0.3) is 0 Å². The second kappa shape index (κ2) is 2.51. The molecule has 0 heterocycles. The normalized spacial score (nSPS) is 11.0. The molecule has 0 aliphatic carbocycles. The maximum atomic E-state index is 6.48. The lowest BCUT2D eigenvalue weighted by atomic mass is 11.8. The van der Waals surface area contributed by atoms with E-state index in [4.69, 9.17) is 5.16 Å². The highest BCUT2D eigenvalue weighted by Gasteiger charge is 1.58. The van der Waals surface area contributed by atoms with Gasteiger partial charge in [0, 0.05) is 7.11 Å². The molecule has 0 rings (SSSR count). The fourth-order valence-electron chi connectivity index (χ4n) is 0. The second-order valence-corrected chi connectivity index (χ2v) is 2.31. The van der Waals surface area contributed by atoms with Gasteiger partial charge in [-0.2, -0.15) is 0 Å². The second-order valence-electron chi connectivity index (χ2n) is 0.440. The van der Waals surface area contributed by atoms with Crippen LogP contribution >= 0.6 is 6.72 Å². The lowest BCUT2D eigenvalue weighted by molar-refractivity contribution is 0.478. The van der Waals surface area contributed by atoms with Crippen molar-refractivity contribution in [3.8, 4) is 0 Å². The van der Waals surface area contributed by atoms with Crippen molar-refractivity contribution in [2.75, 3.05) is 7.11 Å². The quantitative estimate of drug-likeness (QED) is 0.514. The van der Waals surface area contributed by atoms with Gasteiger partial charge in [-0.15, -0.1) is 0 Å². The van der Waals surface area contributed by atoms with Crippen LogP contribution in [-0.2, 0) is 16.3 Å². The molecule has 5 heavy (non-hydrogen) atoms. The van der Waals surface area contributed by atoms with E-state index in [0.29, 0.717) is 0 Å². The average molecular weight is 109 g/mol. The van der Waals surface area contributed by atoms with Crippen molar-refractivity contribution >= 4 is 18.5 Å². The summed E-state index contributed by atoms with van der Waals surface area (Å²) in [5.41, 5.74) is 0. The van der Waals surface area contributed by atoms with Crippen LogP contribution in [0, 0.1) is 5.16 Å². The van der Waals surface area contributed by atoms with Crippen LogP contribution < -0.4 is 0 Å². The topological polar surface area (TPSA) is 33.1 Å². The van der Waals surface area contributed by atoms with Crippen LogP contribution in [0.15, 0.2) is 0 Å². The maximum absolute atomic E-state index is 6.48. The van der Waals surface area contributed by atoms with E-state index in [1.807, 2.05) is 0 Å². The molecule has 0 bridgehead atoms. The highest BCUT2D eigenvalue weighted by Crippen LogP contribution is 2.00. The molecular formula is CH4NOPS. The third-order valence-corrected chi connectivity index (χ3v) is 0.945. The van der Waals surface area contributed by atoms with Crippen molar-refractivity contribution in [1.82, 2.24) is 0 Å². The smallest absolute Gasteiger partial charge is 0.174 e. The molecule has 1 atom stereocenters. The maximum Gasteiger partial charge on any atom is 0.174 e. The molecule has 0 fully saturated rings. The Morgan fingerprint density at radius 3 is 2.20 bits per heavy atom. The van der Waals surface area contributed by atoms with Gasteiger partial charge < -0.3 is 4.52 Å². The molecule has 0 aliphatic rings. The zero-order valence-corrected chi connectivity index (χ0v) is 4.47. The van der Waals surface area contributed by atoms with Gasteiger partial charge in [0.1, 0.15) is 0 Å².